The lowest BCUT2D eigenvalue weighted by Gasteiger charge is -2.34. The summed E-state index contributed by atoms with van der Waals surface area (Å²) in [6.07, 6.45) is 5.32. The van der Waals surface area contributed by atoms with Crippen LogP contribution in [0.15, 0.2) is 24.3 Å². The maximum absolute atomic E-state index is 9.78. The van der Waals surface area contributed by atoms with E-state index in [9.17, 15) is 5.11 Å². The molecular weight excluding hydrogens is 210 g/mol. The fourth-order valence-corrected chi connectivity index (χ4v) is 2.84. The van der Waals surface area contributed by atoms with Gasteiger partial charge in [-0.2, -0.15) is 0 Å². The highest BCUT2D eigenvalue weighted by Gasteiger charge is 2.22. The summed E-state index contributed by atoms with van der Waals surface area (Å²) < 4.78 is 0. The number of hydrogen-bond acceptors (Lipinski definition) is 2. The van der Waals surface area contributed by atoms with Gasteiger partial charge in [0.15, 0.2) is 0 Å². The Labute approximate surface area is 104 Å². The van der Waals surface area contributed by atoms with E-state index in [4.69, 9.17) is 0 Å². The molecule has 17 heavy (non-hydrogen) atoms. The zero-order valence-electron chi connectivity index (χ0n) is 10.9. The molecule has 0 bridgehead atoms. The van der Waals surface area contributed by atoms with Gasteiger partial charge in [-0.05, 0) is 31.9 Å². The lowest BCUT2D eigenvalue weighted by Crippen LogP contribution is -2.35. The van der Waals surface area contributed by atoms with E-state index in [2.05, 4.69) is 18.9 Å². The molecule has 0 radical (unpaired) electrons. The smallest absolute Gasteiger partial charge is 0.120 e. The molecule has 2 heteroatoms. The van der Waals surface area contributed by atoms with E-state index < -0.39 is 0 Å². The largest absolute Gasteiger partial charge is 0.508 e. The van der Waals surface area contributed by atoms with Gasteiger partial charge in [-0.25, -0.2) is 0 Å². The molecule has 1 N–H and O–H groups in total. The molecule has 0 heterocycles. The minimum absolute atomic E-state index is 0.420. The summed E-state index contributed by atoms with van der Waals surface area (Å²) in [6.45, 7) is 3.20. The molecule has 1 aliphatic rings. The number of para-hydroxylation sites is 1. The molecule has 1 aliphatic carbocycles. The highest BCUT2D eigenvalue weighted by molar-refractivity contribution is 5.31. The Balaban J connectivity index is 1.96. The van der Waals surface area contributed by atoms with Crippen molar-refractivity contribution in [3.63, 3.8) is 0 Å². The van der Waals surface area contributed by atoms with Crippen LogP contribution in [0, 0.1) is 5.92 Å². The van der Waals surface area contributed by atoms with Gasteiger partial charge in [0.1, 0.15) is 5.75 Å². The molecule has 0 amide bonds. The second-order valence-electron chi connectivity index (χ2n) is 5.47. The van der Waals surface area contributed by atoms with Crippen molar-refractivity contribution in [3.05, 3.63) is 29.8 Å². The number of nitrogens with zero attached hydrogens (tertiary/aromatic N) is 1. The molecule has 0 spiro atoms. The van der Waals surface area contributed by atoms with Crippen molar-refractivity contribution in [2.75, 3.05) is 7.05 Å². The second kappa shape index (κ2) is 5.54. The van der Waals surface area contributed by atoms with Crippen molar-refractivity contribution in [2.24, 2.45) is 5.92 Å². The normalized spacial score (nSPS) is 25.1. The maximum atomic E-state index is 9.78. The Hall–Kier alpha value is -1.02. The van der Waals surface area contributed by atoms with Crippen molar-refractivity contribution >= 4 is 0 Å². The predicted octanol–water partition coefficient (Wildman–Crippen LogP) is 3.40. The number of benzene rings is 1. The molecule has 2 nitrogen and oxygen atoms in total. The fraction of sp³-hybridized carbons (Fsp3) is 0.600. The van der Waals surface area contributed by atoms with Crippen molar-refractivity contribution in [1.82, 2.24) is 4.90 Å². The second-order valence-corrected chi connectivity index (χ2v) is 5.47. The third-order valence-corrected chi connectivity index (χ3v) is 3.94. The zero-order valence-corrected chi connectivity index (χ0v) is 10.9. The highest BCUT2D eigenvalue weighted by Crippen LogP contribution is 2.28. The van der Waals surface area contributed by atoms with Gasteiger partial charge < -0.3 is 5.11 Å². The van der Waals surface area contributed by atoms with Crippen molar-refractivity contribution in [3.8, 4) is 5.75 Å². The van der Waals surface area contributed by atoms with Gasteiger partial charge in [-0.15, -0.1) is 0 Å². The van der Waals surface area contributed by atoms with Gasteiger partial charge in [-0.3, -0.25) is 4.90 Å². The highest BCUT2D eigenvalue weighted by atomic mass is 16.3. The number of phenolic OH excluding ortho intramolecular Hbond substituents is 1. The summed E-state index contributed by atoms with van der Waals surface area (Å²) in [4.78, 5) is 2.39. The number of aromatic hydroxyl groups is 1. The average molecular weight is 233 g/mol. The van der Waals surface area contributed by atoms with Gasteiger partial charge in [0.2, 0.25) is 0 Å². The zero-order chi connectivity index (χ0) is 12.3. The molecule has 1 aromatic carbocycles. The minimum Gasteiger partial charge on any atom is -0.508 e. The Morgan fingerprint density at radius 1 is 1.29 bits per heavy atom. The fourth-order valence-electron chi connectivity index (χ4n) is 2.84. The quantitative estimate of drug-likeness (QED) is 0.865. The summed E-state index contributed by atoms with van der Waals surface area (Å²) in [7, 11) is 2.18. The van der Waals surface area contributed by atoms with E-state index in [-0.39, 0.29) is 0 Å². The standard InChI is InChI=1S/C15H23NO/c1-12-6-5-8-14(10-12)16(2)11-13-7-3-4-9-15(13)17/h3-4,7,9,12,14,17H,5-6,8,10-11H2,1-2H3. The average Bonchev–Trinajstić information content (AvgIpc) is 2.32. The van der Waals surface area contributed by atoms with E-state index >= 15 is 0 Å². The number of phenols is 1. The summed E-state index contributed by atoms with van der Waals surface area (Å²) in [5.74, 6) is 1.27. The van der Waals surface area contributed by atoms with Crippen LogP contribution in [0.1, 0.15) is 38.2 Å². The first-order valence-corrected chi connectivity index (χ1v) is 6.64. The first-order chi connectivity index (χ1) is 8.16. The van der Waals surface area contributed by atoms with Crippen LogP contribution in [0.25, 0.3) is 0 Å². The molecular formula is C15H23NO. The van der Waals surface area contributed by atoms with Crippen LogP contribution in [-0.2, 0) is 6.54 Å². The molecule has 0 aromatic heterocycles. The van der Waals surface area contributed by atoms with Gasteiger partial charge >= 0.3 is 0 Å². The topological polar surface area (TPSA) is 23.5 Å². The SMILES string of the molecule is CC1CCCC(N(C)Cc2ccccc2O)C1. The Kier molecular flexibility index (Phi) is 4.06. The van der Waals surface area contributed by atoms with E-state index in [1.807, 2.05) is 18.2 Å². The minimum atomic E-state index is 0.420. The Morgan fingerprint density at radius 3 is 2.76 bits per heavy atom. The molecule has 2 atom stereocenters. The van der Waals surface area contributed by atoms with Gasteiger partial charge in [-0.1, -0.05) is 38.0 Å². The van der Waals surface area contributed by atoms with Crippen molar-refractivity contribution < 1.29 is 5.11 Å². The van der Waals surface area contributed by atoms with Crippen LogP contribution in [-0.4, -0.2) is 23.1 Å². The molecule has 0 saturated heterocycles. The Morgan fingerprint density at radius 2 is 2.06 bits per heavy atom. The van der Waals surface area contributed by atoms with E-state index in [1.54, 1.807) is 6.07 Å². The Bertz CT molecular complexity index is 364. The number of hydrogen-bond donors (Lipinski definition) is 1. The van der Waals surface area contributed by atoms with Gasteiger partial charge in [0, 0.05) is 18.2 Å². The van der Waals surface area contributed by atoms with Gasteiger partial charge in [0.25, 0.3) is 0 Å². The van der Waals surface area contributed by atoms with Crippen molar-refractivity contribution in [1.29, 1.82) is 0 Å². The van der Waals surface area contributed by atoms with Crippen molar-refractivity contribution in [2.45, 2.75) is 45.2 Å². The molecule has 1 fully saturated rings. The molecule has 0 aliphatic heterocycles. The van der Waals surface area contributed by atoms with Crippen LogP contribution in [0.3, 0.4) is 0 Å². The third kappa shape index (κ3) is 3.22. The van der Waals surface area contributed by atoms with E-state index in [1.165, 1.54) is 25.7 Å². The molecule has 1 saturated carbocycles. The van der Waals surface area contributed by atoms with Crippen LogP contribution in [0.2, 0.25) is 0 Å². The van der Waals surface area contributed by atoms with Crippen LogP contribution >= 0.6 is 0 Å². The van der Waals surface area contributed by atoms with Gasteiger partial charge in [0.05, 0.1) is 0 Å². The van der Waals surface area contributed by atoms with Crippen LogP contribution in [0.4, 0.5) is 0 Å². The van der Waals surface area contributed by atoms with Crippen LogP contribution < -0.4 is 0 Å². The van der Waals surface area contributed by atoms with Crippen LogP contribution in [0.5, 0.6) is 5.75 Å². The third-order valence-electron chi connectivity index (χ3n) is 3.94. The summed E-state index contributed by atoms with van der Waals surface area (Å²) >= 11 is 0. The molecule has 2 rings (SSSR count). The summed E-state index contributed by atoms with van der Waals surface area (Å²) in [6, 6.07) is 8.33. The lowest BCUT2D eigenvalue weighted by atomic mass is 9.86. The first-order valence-electron chi connectivity index (χ1n) is 6.64. The molecule has 94 valence electrons. The maximum Gasteiger partial charge on any atom is 0.120 e. The predicted molar refractivity (Wildman–Crippen MR) is 71.0 cm³/mol. The molecule has 1 aromatic rings. The number of rotatable bonds is 3. The molecule has 2 unspecified atom stereocenters. The monoisotopic (exact) mass is 233 g/mol. The van der Waals surface area contributed by atoms with E-state index in [0.717, 1.165) is 18.0 Å². The summed E-state index contributed by atoms with van der Waals surface area (Å²) in [5.41, 5.74) is 1.04. The summed E-state index contributed by atoms with van der Waals surface area (Å²) in [5, 5.41) is 9.78. The first kappa shape index (κ1) is 12.4. The lowest BCUT2D eigenvalue weighted by molar-refractivity contribution is 0.156. The van der Waals surface area contributed by atoms with E-state index in [0.29, 0.717) is 11.8 Å².